The molecule has 2 amide bonds. The van der Waals surface area contributed by atoms with Gasteiger partial charge < -0.3 is 15.0 Å². The number of hydrogen-bond donors (Lipinski definition) is 1. The monoisotopic (exact) mass is 523 g/mol. The Kier molecular flexibility index (Phi) is 9.97. The Morgan fingerprint density at radius 1 is 1.11 bits per heavy atom. The molecule has 0 bridgehead atoms. The van der Waals surface area contributed by atoms with Gasteiger partial charge in [0.15, 0.2) is 0 Å². The third kappa shape index (κ3) is 7.86. The minimum Gasteiger partial charge on any atom is -0.495 e. The highest BCUT2D eigenvalue weighted by molar-refractivity contribution is 7.92. The van der Waals surface area contributed by atoms with Crippen LogP contribution >= 0.6 is 11.6 Å². The first kappa shape index (κ1) is 28.5. The van der Waals surface area contributed by atoms with E-state index in [1.165, 1.54) is 30.2 Å². The van der Waals surface area contributed by atoms with Crippen molar-refractivity contribution in [3.05, 3.63) is 58.6 Å². The summed E-state index contributed by atoms with van der Waals surface area (Å²) in [4.78, 5) is 27.8. The number of hydrogen-bond acceptors (Lipinski definition) is 5. The number of carbonyl (C=O) groups is 2. The Hall–Kier alpha value is -2.78. The Labute approximate surface area is 213 Å². The normalized spacial score (nSPS) is 13.0. The molecule has 2 aromatic rings. The Bertz CT molecular complexity index is 1140. The van der Waals surface area contributed by atoms with Gasteiger partial charge in [-0.05, 0) is 51.0 Å². The molecule has 2 rings (SSSR count). The topological polar surface area (TPSA) is 96.0 Å². The van der Waals surface area contributed by atoms with E-state index in [0.717, 1.165) is 28.1 Å². The van der Waals surface area contributed by atoms with Crippen LogP contribution in [0.4, 0.5) is 5.69 Å². The first-order chi connectivity index (χ1) is 16.4. The van der Waals surface area contributed by atoms with Gasteiger partial charge in [0.25, 0.3) is 0 Å². The summed E-state index contributed by atoms with van der Waals surface area (Å²) in [7, 11) is -2.39. The molecule has 8 nitrogen and oxygen atoms in total. The molecule has 35 heavy (non-hydrogen) atoms. The lowest BCUT2D eigenvalue weighted by Crippen LogP contribution is -2.52. The second-order valence-electron chi connectivity index (χ2n) is 8.59. The van der Waals surface area contributed by atoms with Gasteiger partial charge >= 0.3 is 0 Å². The second-order valence-corrected chi connectivity index (χ2v) is 10.9. The summed E-state index contributed by atoms with van der Waals surface area (Å²) in [6.45, 7) is 7.09. The van der Waals surface area contributed by atoms with E-state index in [2.05, 4.69) is 5.32 Å². The predicted molar refractivity (Wildman–Crippen MR) is 139 cm³/mol. The van der Waals surface area contributed by atoms with Crippen LogP contribution in [-0.2, 0) is 26.2 Å². The molecule has 0 saturated carbocycles. The zero-order chi connectivity index (χ0) is 26.3. The van der Waals surface area contributed by atoms with E-state index in [4.69, 9.17) is 16.3 Å². The molecule has 0 aromatic heterocycles. The highest BCUT2D eigenvalue weighted by Crippen LogP contribution is 2.30. The molecule has 1 N–H and O–H groups in total. The van der Waals surface area contributed by atoms with Gasteiger partial charge in [0.1, 0.15) is 18.3 Å². The van der Waals surface area contributed by atoms with Crippen molar-refractivity contribution in [1.29, 1.82) is 0 Å². The molecule has 0 fully saturated rings. The van der Waals surface area contributed by atoms with Gasteiger partial charge in [-0.1, -0.05) is 48.4 Å². The van der Waals surface area contributed by atoms with Crippen molar-refractivity contribution >= 4 is 39.1 Å². The molecule has 0 spiro atoms. The molecule has 0 aliphatic rings. The highest BCUT2D eigenvalue weighted by atomic mass is 35.5. The first-order valence-electron chi connectivity index (χ1n) is 11.3. The molecule has 192 valence electrons. The van der Waals surface area contributed by atoms with Crippen LogP contribution in [0.25, 0.3) is 0 Å². The quantitative estimate of drug-likeness (QED) is 0.484. The van der Waals surface area contributed by atoms with Gasteiger partial charge in [-0.25, -0.2) is 8.42 Å². The Morgan fingerprint density at radius 2 is 1.74 bits per heavy atom. The van der Waals surface area contributed by atoms with Crippen molar-refractivity contribution in [3.63, 3.8) is 0 Å². The lowest BCUT2D eigenvalue weighted by molar-refractivity contribution is -0.139. The maximum Gasteiger partial charge on any atom is 0.244 e. The van der Waals surface area contributed by atoms with Gasteiger partial charge in [0, 0.05) is 12.6 Å². The maximum atomic E-state index is 13.5. The zero-order valence-corrected chi connectivity index (χ0v) is 22.6. The second kappa shape index (κ2) is 12.3. The Morgan fingerprint density at radius 3 is 2.26 bits per heavy atom. The molecule has 0 aliphatic heterocycles. The average Bonchev–Trinajstić information content (AvgIpc) is 2.80. The molecule has 0 radical (unpaired) electrons. The van der Waals surface area contributed by atoms with Gasteiger partial charge in [-0.3, -0.25) is 13.9 Å². The largest absolute Gasteiger partial charge is 0.495 e. The number of nitrogens with zero attached hydrogens (tertiary/aromatic N) is 2. The van der Waals surface area contributed by atoms with Crippen LogP contribution in [0.15, 0.2) is 42.5 Å². The molecule has 0 aliphatic carbocycles. The number of rotatable bonds is 11. The maximum absolute atomic E-state index is 13.5. The summed E-state index contributed by atoms with van der Waals surface area (Å²) < 4.78 is 31.4. The number of nitrogens with one attached hydrogen (secondary N) is 1. The molecular weight excluding hydrogens is 490 g/mol. The predicted octanol–water partition coefficient (Wildman–Crippen LogP) is 3.76. The van der Waals surface area contributed by atoms with Crippen molar-refractivity contribution < 1.29 is 22.7 Å². The lowest BCUT2D eigenvalue weighted by atomic mass is 10.1. The molecule has 10 heteroatoms. The van der Waals surface area contributed by atoms with Crippen LogP contribution in [-0.4, -0.2) is 57.1 Å². The molecule has 0 unspecified atom stereocenters. The number of methoxy groups -OCH3 is 1. The van der Waals surface area contributed by atoms with E-state index in [1.807, 2.05) is 45.0 Å². The number of sulfonamides is 1. The van der Waals surface area contributed by atoms with Gasteiger partial charge in [-0.2, -0.15) is 0 Å². The van der Waals surface area contributed by atoms with Crippen LogP contribution < -0.4 is 14.4 Å². The van der Waals surface area contributed by atoms with Crippen molar-refractivity contribution in [2.45, 2.75) is 52.7 Å². The van der Waals surface area contributed by atoms with Gasteiger partial charge in [0.2, 0.25) is 21.8 Å². The number of aryl methyl sites for hydroxylation is 1. The van der Waals surface area contributed by atoms with Crippen molar-refractivity contribution in [1.82, 2.24) is 10.2 Å². The summed E-state index contributed by atoms with van der Waals surface area (Å²) in [6, 6.07) is 11.2. The number of benzene rings is 2. The zero-order valence-electron chi connectivity index (χ0n) is 21.0. The van der Waals surface area contributed by atoms with E-state index >= 15 is 0 Å². The summed E-state index contributed by atoms with van der Waals surface area (Å²) in [5.74, 6) is -0.445. The fourth-order valence-corrected chi connectivity index (χ4v) is 4.46. The summed E-state index contributed by atoms with van der Waals surface area (Å²) in [5.41, 5.74) is 2.11. The molecule has 2 atom stereocenters. The molecule has 2 aromatic carbocycles. The standard InChI is InChI=1S/C25H34ClN3O5S/c1-7-18(3)27-25(31)19(4)28(15-20-10-8-17(2)9-11-20)24(30)16-29(35(6,32)33)21-12-13-23(34-5)22(26)14-21/h8-14,18-19H,7,15-16H2,1-6H3,(H,27,31)/t18-,19-/m0/s1. The fraction of sp³-hybridized carbons (Fsp3) is 0.440. The minimum atomic E-state index is -3.84. The van der Waals surface area contributed by atoms with Gasteiger partial charge in [0.05, 0.1) is 24.1 Å². The van der Waals surface area contributed by atoms with Crippen LogP contribution in [0.5, 0.6) is 5.75 Å². The lowest BCUT2D eigenvalue weighted by Gasteiger charge is -2.32. The van der Waals surface area contributed by atoms with E-state index < -0.39 is 28.5 Å². The van der Waals surface area contributed by atoms with E-state index in [9.17, 15) is 18.0 Å². The third-order valence-electron chi connectivity index (χ3n) is 5.74. The average molecular weight is 524 g/mol. The summed E-state index contributed by atoms with van der Waals surface area (Å²) in [5, 5.41) is 3.11. The van der Waals surface area contributed by atoms with Crippen LogP contribution in [0.1, 0.15) is 38.3 Å². The van der Waals surface area contributed by atoms with Crippen molar-refractivity contribution in [3.8, 4) is 5.75 Å². The number of ether oxygens (including phenoxy) is 1. The first-order valence-corrected chi connectivity index (χ1v) is 13.6. The summed E-state index contributed by atoms with van der Waals surface area (Å²) >= 11 is 6.20. The SMILES string of the molecule is CC[C@H](C)NC(=O)[C@H](C)N(Cc1ccc(C)cc1)C(=O)CN(c1ccc(OC)c(Cl)c1)S(C)(=O)=O. The minimum absolute atomic E-state index is 0.0600. The smallest absolute Gasteiger partial charge is 0.244 e. The number of halogens is 1. The van der Waals surface area contributed by atoms with E-state index in [-0.39, 0.29) is 29.2 Å². The highest BCUT2D eigenvalue weighted by Gasteiger charge is 2.30. The number of carbonyl (C=O) groups excluding carboxylic acids is 2. The molecule has 0 saturated heterocycles. The summed E-state index contributed by atoms with van der Waals surface area (Å²) in [6.07, 6.45) is 1.76. The van der Waals surface area contributed by atoms with Crippen molar-refractivity contribution in [2.75, 3.05) is 24.2 Å². The van der Waals surface area contributed by atoms with E-state index in [0.29, 0.717) is 5.75 Å². The van der Waals surface area contributed by atoms with Crippen molar-refractivity contribution in [2.24, 2.45) is 0 Å². The fourth-order valence-electron chi connectivity index (χ4n) is 3.36. The molecule has 0 heterocycles. The van der Waals surface area contributed by atoms with Crippen LogP contribution in [0.2, 0.25) is 5.02 Å². The van der Waals surface area contributed by atoms with Crippen LogP contribution in [0, 0.1) is 6.92 Å². The third-order valence-corrected chi connectivity index (χ3v) is 7.18. The van der Waals surface area contributed by atoms with E-state index in [1.54, 1.807) is 6.92 Å². The number of amides is 2. The van der Waals surface area contributed by atoms with Crippen LogP contribution in [0.3, 0.4) is 0 Å². The Balaban J connectivity index is 2.40. The number of anilines is 1. The van der Waals surface area contributed by atoms with Gasteiger partial charge in [-0.15, -0.1) is 0 Å². The molecular formula is C25H34ClN3O5S.